The van der Waals surface area contributed by atoms with Gasteiger partial charge in [0.15, 0.2) is 9.84 Å². The molecule has 0 bridgehead atoms. The fourth-order valence-corrected chi connectivity index (χ4v) is 3.50. The molecule has 2 aromatic rings. The number of nitrogens with one attached hydrogen (secondary N) is 1. The first-order valence-electron chi connectivity index (χ1n) is 6.13. The zero-order valence-corrected chi connectivity index (χ0v) is 12.9. The second kappa shape index (κ2) is 6.23. The lowest BCUT2D eigenvalue weighted by molar-refractivity contribution is -0.386. The van der Waals surface area contributed by atoms with Gasteiger partial charge in [-0.15, -0.1) is 11.3 Å². The van der Waals surface area contributed by atoms with Gasteiger partial charge in [-0.1, -0.05) is 12.1 Å². The quantitative estimate of drug-likeness (QED) is 0.651. The Morgan fingerprint density at radius 3 is 2.62 bits per heavy atom. The molecule has 21 heavy (non-hydrogen) atoms. The third kappa shape index (κ3) is 3.79. The van der Waals surface area contributed by atoms with E-state index in [1.807, 2.05) is 17.5 Å². The van der Waals surface area contributed by atoms with Gasteiger partial charge in [0.05, 0.1) is 4.92 Å². The van der Waals surface area contributed by atoms with Crippen molar-refractivity contribution in [2.45, 2.75) is 11.3 Å². The van der Waals surface area contributed by atoms with Gasteiger partial charge < -0.3 is 5.32 Å². The van der Waals surface area contributed by atoms with E-state index in [4.69, 9.17) is 0 Å². The highest BCUT2D eigenvalue weighted by atomic mass is 32.2. The molecule has 0 aliphatic heterocycles. The summed E-state index contributed by atoms with van der Waals surface area (Å²) in [5, 5.41) is 16.1. The molecule has 1 aromatic heterocycles. The van der Waals surface area contributed by atoms with Crippen molar-refractivity contribution in [1.29, 1.82) is 0 Å². The number of sulfone groups is 1. The van der Waals surface area contributed by atoms with Crippen LogP contribution in [0.4, 0.5) is 11.4 Å². The van der Waals surface area contributed by atoms with Crippen molar-refractivity contribution in [3.8, 4) is 0 Å². The van der Waals surface area contributed by atoms with Gasteiger partial charge in [0.25, 0.3) is 0 Å². The maximum Gasteiger partial charge on any atom is 0.310 e. The summed E-state index contributed by atoms with van der Waals surface area (Å²) in [5.74, 6) is 0. The van der Waals surface area contributed by atoms with E-state index in [1.165, 1.54) is 18.2 Å². The molecule has 112 valence electrons. The molecule has 2 rings (SSSR count). The topological polar surface area (TPSA) is 89.3 Å². The predicted molar refractivity (Wildman–Crippen MR) is 82.7 cm³/mol. The van der Waals surface area contributed by atoms with Crippen LogP contribution in [0.3, 0.4) is 0 Å². The van der Waals surface area contributed by atoms with Crippen LogP contribution in [-0.4, -0.2) is 26.1 Å². The van der Waals surface area contributed by atoms with Crippen LogP contribution in [0.1, 0.15) is 4.88 Å². The minimum atomic E-state index is -3.65. The minimum Gasteiger partial charge on any atom is -0.379 e. The van der Waals surface area contributed by atoms with Crippen LogP contribution < -0.4 is 5.32 Å². The number of nitro benzene ring substituents is 1. The van der Waals surface area contributed by atoms with E-state index in [0.717, 1.165) is 17.6 Å². The summed E-state index contributed by atoms with van der Waals surface area (Å²) >= 11 is 1.61. The zero-order chi connectivity index (χ0) is 15.5. The summed E-state index contributed by atoms with van der Waals surface area (Å²) in [5.41, 5.74) is -0.175. The average molecular weight is 326 g/mol. The number of para-hydroxylation sites is 1. The summed E-state index contributed by atoms with van der Waals surface area (Å²) in [6.07, 6.45) is 1.68. The number of anilines is 1. The van der Waals surface area contributed by atoms with Gasteiger partial charge in [-0.05, 0) is 30.0 Å². The molecular weight excluding hydrogens is 312 g/mol. The Hall–Kier alpha value is -1.93. The number of benzene rings is 1. The number of nitrogens with zero attached hydrogens (tertiary/aromatic N) is 1. The summed E-state index contributed by atoms with van der Waals surface area (Å²) < 4.78 is 23.3. The van der Waals surface area contributed by atoms with E-state index < -0.39 is 20.4 Å². The highest BCUT2D eigenvalue weighted by Crippen LogP contribution is 2.31. The van der Waals surface area contributed by atoms with Gasteiger partial charge in [0.1, 0.15) is 10.6 Å². The molecule has 1 N–H and O–H groups in total. The Balaban J connectivity index is 2.24. The lowest BCUT2D eigenvalue weighted by atomic mass is 10.2. The Morgan fingerprint density at radius 1 is 1.29 bits per heavy atom. The Bertz CT molecular complexity index is 740. The van der Waals surface area contributed by atoms with Crippen molar-refractivity contribution in [1.82, 2.24) is 0 Å². The maximum atomic E-state index is 11.6. The molecule has 0 aliphatic carbocycles. The van der Waals surface area contributed by atoms with Crippen LogP contribution >= 0.6 is 11.3 Å². The molecule has 0 amide bonds. The number of hydrogen-bond acceptors (Lipinski definition) is 6. The molecular formula is C13H14N2O4S2. The molecule has 0 atom stereocenters. The third-order valence-electron chi connectivity index (χ3n) is 2.85. The molecule has 8 heteroatoms. The van der Waals surface area contributed by atoms with Crippen LogP contribution in [0.25, 0.3) is 0 Å². The molecule has 6 nitrogen and oxygen atoms in total. The van der Waals surface area contributed by atoms with E-state index in [1.54, 1.807) is 11.3 Å². The zero-order valence-electron chi connectivity index (χ0n) is 11.3. The smallest absolute Gasteiger partial charge is 0.310 e. The average Bonchev–Trinajstić information content (AvgIpc) is 2.90. The summed E-state index contributed by atoms with van der Waals surface area (Å²) in [6, 6.07) is 8.18. The first-order chi connectivity index (χ1) is 9.89. The van der Waals surface area contributed by atoms with E-state index >= 15 is 0 Å². The molecule has 0 radical (unpaired) electrons. The molecule has 0 aliphatic rings. The monoisotopic (exact) mass is 326 g/mol. The van der Waals surface area contributed by atoms with Crippen LogP contribution in [0.5, 0.6) is 0 Å². The summed E-state index contributed by atoms with van der Waals surface area (Å²) in [6.45, 7) is 0.495. The van der Waals surface area contributed by atoms with Crippen LogP contribution in [0.2, 0.25) is 0 Å². The van der Waals surface area contributed by atoms with Crippen LogP contribution in [0.15, 0.2) is 40.6 Å². The number of nitro groups is 1. The molecule has 0 saturated carbocycles. The Morgan fingerprint density at radius 2 is 2.05 bits per heavy atom. The Kier molecular flexibility index (Phi) is 4.59. The fourth-order valence-electron chi connectivity index (χ4n) is 1.93. The van der Waals surface area contributed by atoms with E-state index in [0.29, 0.717) is 6.54 Å². The van der Waals surface area contributed by atoms with Gasteiger partial charge in [-0.3, -0.25) is 10.1 Å². The van der Waals surface area contributed by atoms with Crippen molar-refractivity contribution < 1.29 is 13.3 Å². The summed E-state index contributed by atoms with van der Waals surface area (Å²) in [4.78, 5) is 11.4. The lowest BCUT2D eigenvalue weighted by Crippen LogP contribution is -2.09. The third-order valence-corrected chi connectivity index (χ3v) is 4.91. The largest absolute Gasteiger partial charge is 0.379 e. The molecule has 1 aromatic carbocycles. The maximum absolute atomic E-state index is 11.6. The van der Waals surface area contributed by atoms with Gasteiger partial charge >= 0.3 is 5.69 Å². The molecule has 0 saturated heterocycles. The second-order valence-corrected chi connectivity index (χ2v) is 7.45. The lowest BCUT2D eigenvalue weighted by Gasteiger charge is -2.09. The molecule has 0 spiro atoms. The van der Waals surface area contributed by atoms with Gasteiger partial charge in [-0.25, -0.2) is 8.42 Å². The predicted octanol–water partition coefficient (Wildman–Crippen LogP) is 2.71. The second-order valence-electron chi connectivity index (χ2n) is 4.44. The van der Waals surface area contributed by atoms with E-state index in [-0.39, 0.29) is 10.6 Å². The van der Waals surface area contributed by atoms with E-state index in [2.05, 4.69) is 5.32 Å². The normalized spacial score (nSPS) is 11.3. The molecule has 0 fully saturated rings. The Labute approximate surface area is 126 Å². The molecule has 1 heterocycles. The van der Waals surface area contributed by atoms with Crippen molar-refractivity contribution in [3.05, 3.63) is 50.7 Å². The first-order valence-corrected chi connectivity index (χ1v) is 8.90. The van der Waals surface area contributed by atoms with Crippen LogP contribution in [-0.2, 0) is 16.3 Å². The summed E-state index contributed by atoms with van der Waals surface area (Å²) in [7, 11) is -3.65. The number of hydrogen-bond donors (Lipinski definition) is 1. The fraction of sp³-hybridized carbons (Fsp3) is 0.231. The van der Waals surface area contributed by atoms with Crippen molar-refractivity contribution in [2.24, 2.45) is 0 Å². The SMILES string of the molecule is CS(=O)(=O)c1cccc(NCCc2cccs2)c1[N+](=O)[O-]. The highest BCUT2D eigenvalue weighted by Gasteiger charge is 2.25. The van der Waals surface area contributed by atoms with E-state index in [9.17, 15) is 18.5 Å². The van der Waals surface area contributed by atoms with Crippen molar-refractivity contribution >= 4 is 32.5 Å². The van der Waals surface area contributed by atoms with Crippen molar-refractivity contribution in [3.63, 3.8) is 0 Å². The van der Waals surface area contributed by atoms with Gasteiger partial charge in [-0.2, -0.15) is 0 Å². The highest BCUT2D eigenvalue weighted by molar-refractivity contribution is 7.90. The molecule has 0 unspecified atom stereocenters. The standard InChI is InChI=1S/C13H14N2O4S2/c1-21(18,19)12-6-2-5-11(13(12)15(16)17)14-8-7-10-4-3-9-20-10/h2-6,9,14H,7-8H2,1H3. The van der Waals surface area contributed by atoms with Gasteiger partial charge in [0, 0.05) is 17.7 Å². The van der Waals surface area contributed by atoms with Crippen LogP contribution in [0, 0.1) is 10.1 Å². The number of thiophene rings is 1. The minimum absolute atomic E-state index is 0.222. The van der Waals surface area contributed by atoms with Gasteiger partial charge in [0.2, 0.25) is 0 Å². The van der Waals surface area contributed by atoms with Crippen molar-refractivity contribution in [2.75, 3.05) is 18.1 Å². The number of rotatable bonds is 6. The first kappa shape index (κ1) is 15.5.